The van der Waals surface area contributed by atoms with E-state index >= 15 is 0 Å². The number of urea groups is 1. The first kappa shape index (κ1) is 18.8. The zero-order valence-electron chi connectivity index (χ0n) is 14.1. The number of imide groups is 1. The third kappa shape index (κ3) is 3.61. The number of hydrogen-bond acceptors (Lipinski definition) is 3. The lowest BCUT2D eigenvalue weighted by molar-refractivity contribution is -0.133. The Morgan fingerprint density at radius 1 is 1.19 bits per heavy atom. The van der Waals surface area contributed by atoms with Crippen LogP contribution in [-0.2, 0) is 15.1 Å². The highest BCUT2D eigenvalue weighted by Gasteiger charge is 2.49. The van der Waals surface area contributed by atoms with E-state index in [2.05, 4.69) is 10.6 Å². The number of hydrogen-bond donors (Lipinski definition) is 2. The van der Waals surface area contributed by atoms with Crippen LogP contribution < -0.4 is 10.6 Å². The molecule has 4 amide bonds. The van der Waals surface area contributed by atoms with E-state index in [-0.39, 0.29) is 5.69 Å². The Labute approximate surface area is 158 Å². The number of carbonyl (C=O) groups excluding carboxylic acids is 3. The number of amides is 4. The summed E-state index contributed by atoms with van der Waals surface area (Å²) in [4.78, 5) is 37.8. The van der Waals surface area contributed by atoms with Crippen LogP contribution in [0.4, 0.5) is 19.3 Å². The fraction of sp³-hybridized carbons (Fsp3) is 0.167. The van der Waals surface area contributed by atoms with E-state index in [1.165, 1.54) is 6.92 Å². The molecule has 0 aromatic heterocycles. The smallest absolute Gasteiger partial charge is 0.322 e. The monoisotopic (exact) mass is 393 g/mol. The Kier molecular flexibility index (Phi) is 4.84. The van der Waals surface area contributed by atoms with Crippen LogP contribution in [0, 0.1) is 11.6 Å². The van der Waals surface area contributed by atoms with Crippen LogP contribution in [0.5, 0.6) is 0 Å². The minimum atomic E-state index is -1.37. The molecule has 0 saturated carbocycles. The molecule has 9 heteroatoms. The summed E-state index contributed by atoms with van der Waals surface area (Å²) < 4.78 is 26.8. The van der Waals surface area contributed by atoms with Gasteiger partial charge in [-0.2, -0.15) is 0 Å². The number of carbonyl (C=O) groups is 3. The van der Waals surface area contributed by atoms with Crippen LogP contribution in [0.1, 0.15) is 12.5 Å². The first-order chi connectivity index (χ1) is 12.7. The van der Waals surface area contributed by atoms with Gasteiger partial charge in [0.05, 0.1) is 5.69 Å². The number of benzene rings is 2. The van der Waals surface area contributed by atoms with E-state index in [4.69, 9.17) is 11.6 Å². The van der Waals surface area contributed by atoms with Crippen molar-refractivity contribution in [2.45, 2.75) is 12.5 Å². The number of nitrogens with zero attached hydrogens (tertiary/aromatic N) is 1. The second-order valence-electron chi connectivity index (χ2n) is 6.13. The van der Waals surface area contributed by atoms with Crippen molar-refractivity contribution in [3.8, 4) is 0 Å². The van der Waals surface area contributed by atoms with E-state index in [0.29, 0.717) is 15.5 Å². The maximum atomic E-state index is 13.6. The number of nitrogens with one attached hydrogen (secondary N) is 2. The first-order valence-corrected chi connectivity index (χ1v) is 8.23. The lowest BCUT2D eigenvalue weighted by atomic mass is 9.92. The predicted molar refractivity (Wildman–Crippen MR) is 94.0 cm³/mol. The highest BCUT2D eigenvalue weighted by Crippen LogP contribution is 2.29. The summed E-state index contributed by atoms with van der Waals surface area (Å²) in [5.41, 5.74) is -1.26. The van der Waals surface area contributed by atoms with Crippen LogP contribution in [-0.4, -0.2) is 29.3 Å². The molecule has 1 heterocycles. The first-order valence-electron chi connectivity index (χ1n) is 7.86. The van der Waals surface area contributed by atoms with Crippen molar-refractivity contribution in [1.82, 2.24) is 10.2 Å². The lowest BCUT2D eigenvalue weighted by Crippen LogP contribution is -2.42. The standard InChI is InChI=1S/C18H14ClF2N3O3/c1-18(10-2-4-11(19)5-3-10)16(26)24(17(27)23-18)9-15(25)22-14-8-12(20)6-7-13(14)21/h2-8H,9H2,1H3,(H,22,25)(H,23,27). The van der Waals surface area contributed by atoms with Crippen molar-refractivity contribution in [3.05, 3.63) is 64.7 Å². The van der Waals surface area contributed by atoms with Gasteiger partial charge >= 0.3 is 6.03 Å². The van der Waals surface area contributed by atoms with Crippen LogP contribution in [0.15, 0.2) is 42.5 Å². The molecule has 1 saturated heterocycles. The Bertz CT molecular complexity index is 936. The summed E-state index contributed by atoms with van der Waals surface area (Å²) in [5.74, 6) is -3.07. The average Bonchev–Trinajstić information content (AvgIpc) is 2.83. The van der Waals surface area contributed by atoms with E-state index in [9.17, 15) is 23.2 Å². The maximum Gasteiger partial charge on any atom is 0.325 e. The third-order valence-corrected chi connectivity index (χ3v) is 4.45. The SMILES string of the molecule is CC1(c2ccc(Cl)cc2)NC(=O)N(CC(=O)Nc2cc(F)ccc2F)C1=O. The summed E-state index contributed by atoms with van der Waals surface area (Å²) in [5, 5.41) is 5.15. The molecule has 0 spiro atoms. The molecule has 2 N–H and O–H groups in total. The fourth-order valence-corrected chi connectivity index (χ4v) is 2.87. The van der Waals surface area contributed by atoms with E-state index in [0.717, 1.165) is 18.2 Å². The summed E-state index contributed by atoms with van der Waals surface area (Å²) in [6.07, 6.45) is 0. The molecule has 1 atom stereocenters. The molecule has 0 aliphatic carbocycles. The fourth-order valence-electron chi connectivity index (χ4n) is 2.75. The van der Waals surface area contributed by atoms with Gasteiger partial charge in [0.1, 0.15) is 23.7 Å². The lowest BCUT2D eigenvalue weighted by Gasteiger charge is -2.22. The molecule has 1 fully saturated rings. The summed E-state index contributed by atoms with van der Waals surface area (Å²) >= 11 is 5.83. The normalized spacial score (nSPS) is 19.2. The molecule has 2 aromatic carbocycles. The van der Waals surface area contributed by atoms with Crippen molar-refractivity contribution in [3.63, 3.8) is 0 Å². The molecule has 0 radical (unpaired) electrons. The quantitative estimate of drug-likeness (QED) is 0.784. The van der Waals surface area contributed by atoms with Gasteiger partial charge in [-0.15, -0.1) is 0 Å². The highest BCUT2D eigenvalue weighted by atomic mass is 35.5. The van der Waals surface area contributed by atoms with Gasteiger partial charge in [-0.3, -0.25) is 14.5 Å². The summed E-state index contributed by atoms with van der Waals surface area (Å²) in [6.45, 7) is 0.852. The van der Waals surface area contributed by atoms with Crippen LogP contribution in [0.3, 0.4) is 0 Å². The molecular weight excluding hydrogens is 380 g/mol. The van der Waals surface area contributed by atoms with Crippen molar-refractivity contribution in [2.24, 2.45) is 0 Å². The number of rotatable bonds is 4. The van der Waals surface area contributed by atoms with Gasteiger partial charge in [-0.25, -0.2) is 13.6 Å². The van der Waals surface area contributed by atoms with Crippen LogP contribution in [0.2, 0.25) is 5.02 Å². The summed E-state index contributed by atoms with van der Waals surface area (Å²) in [6, 6.07) is 8.12. The molecule has 1 aliphatic rings. The van der Waals surface area contributed by atoms with Gasteiger partial charge in [0.15, 0.2) is 0 Å². The van der Waals surface area contributed by atoms with Crippen molar-refractivity contribution < 1.29 is 23.2 Å². The second kappa shape index (κ2) is 6.96. The molecule has 27 heavy (non-hydrogen) atoms. The molecule has 1 unspecified atom stereocenters. The molecule has 2 aromatic rings. The summed E-state index contributed by atoms with van der Waals surface area (Å²) in [7, 11) is 0. The maximum absolute atomic E-state index is 13.6. The van der Waals surface area contributed by atoms with Crippen LogP contribution in [0.25, 0.3) is 0 Å². The van der Waals surface area contributed by atoms with Gasteiger partial charge in [0.25, 0.3) is 5.91 Å². The minimum absolute atomic E-state index is 0.382. The van der Waals surface area contributed by atoms with Gasteiger partial charge in [0, 0.05) is 11.1 Å². The van der Waals surface area contributed by atoms with E-state index in [1.54, 1.807) is 24.3 Å². The van der Waals surface area contributed by atoms with Gasteiger partial charge in [0.2, 0.25) is 5.91 Å². The highest BCUT2D eigenvalue weighted by molar-refractivity contribution is 6.30. The Hall–Kier alpha value is -3.00. The largest absolute Gasteiger partial charge is 0.325 e. The molecule has 1 aliphatic heterocycles. The molecule has 3 rings (SSSR count). The topological polar surface area (TPSA) is 78.5 Å². The Morgan fingerprint density at radius 3 is 2.52 bits per heavy atom. The van der Waals surface area contributed by atoms with Crippen molar-refractivity contribution in [1.29, 1.82) is 0 Å². The zero-order chi connectivity index (χ0) is 19.8. The molecular formula is C18H14ClF2N3O3. The Balaban J connectivity index is 1.76. The molecule has 140 valence electrons. The zero-order valence-corrected chi connectivity index (χ0v) is 14.8. The Morgan fingerprint density at radius 2 is 1.85 bits per heavy atom. The molecule has 0 bridgehead atoms. The van der Waals surface area contributed by atoms with Gasteiger partial charge < -0.3 is 10.6 Å². The van der Waals surface area contributed by atoms with Crippen molar-refractivity contribution in [2.75, 3.05) is 11.9 Å². The third-order valence-electron chi connectivity index (χ3n) is 4.20. The average molecular weight is 394 g/mol. The predicted octanol–water partition coefficient (Wildman–Crippen LogP) is 3.02. The second-order valence-corrected chi connectivity index (χ2v) is 6.56. The van der Waals surface area contributed by atoms with Crippen molar-refractivity contribution >= 4 is 35.1 Å². The van der Waals surface area contributed by atoms with Gasteiger partial charge in [-0.1, -0.05) is 23.7 Å². The van der Waals surface area contributed by atoms with E-state index in [1.807, 2.05) is 0 Å². The minimum Gasteiger partial charge on any atom is -0.322 e. The molecule has 6 nitrogen and oxygen atoms in total. The van der Waals surface area contributed by atoms with Crippen LogP contribution >= 0.6 is 11.6 Å². The number of halogens is 3. The van der Waals surface area contributed by atoms with Gasteiger partial charge in [-0.05, 0) is 36.8 Å². The number of anilines is 1. The van der Waals surface area contributed by atoms with E-state index < -0.39 is 41.6 Å².